The third-order valence-electron chi connectivity index (χ3n) is 3.60. The van der Waals surface area contributed by atoms with Crippen LogP contribution in [0.15, 0.2) is 12.4 Å². The molecule has 0 bridgehead atoms. The van der Waals surface area contributed by atoms with Crippen LogP contribution in [0.5, 0.6) is 0 Å². The summed E-state index contributed by atoms with van der Waals surface area (Å²) in [4.78, 5) is 2.45. The molecule has 18 heavy (non-hydrogen) atoms. The molecular formula is C14H25N3O. The van der Waals surface area contributed by atoms with E-state index in [4.69, 9.17) is 4.74 Å². The second kappa shape index (κ2) is 6.90. The van der Waals surface area contributed by atoms with Crippen molar-refractivity contribution >= 4 is 0 Å². The van der Waals surface area contributed by atoms with Crippen molar-refractivity contribution in [1.82, 2.24) is 14.7 Å². The summed E-state index contributed by atoms with van der Waals surface area (Å²) < 4.78 is 7.80. The van der Waals surface area contributed by atoms with Crippen LogP contribution in [0, 0.1) is 0 Å². The molecule has 1 aromatic heterocycles. The van der Waals surface area contributed by atoms with Crippen LogP contribution in [0.4, 0.5) is 0 Å². The summed E-state index contributed by atoms with van der Waals surface area (Å²) >= 11 is 0. The molecule has 1 aliphatic heterocycles. The number of hydrogen-bond acceptors (Lipinski definition) is 3. The van der Waals surface area contributed by atoms with Crippen molar-refractivity contribution in [1.29, 1.82) is 0 Å². The van der Waals surface area contributed by atoms with Crippen LogP contribution in [0.25, 0.3) is 0 Å². The highest BCUT2D eigenvalue weighted by Crippen LogP contribution is 2.15. The van der Waals surface area contributed by atoms with Crippen LogP contribution in [0.1, 0.15) is 38.7 Å². The molecule has 0 saturated carbocycles. The highest BCUT2D eigenvalue weighted by atomic mass is 16.5. The molecule has 4 heteroatoms. The Morgan fingerprint density at radius 1 is 1.44 bits per heavy atom. The Balaban J connectivity index is 1.84. The topological polar surface area (TPSA) is 30.3 Å². The molecule has 0 spiro atoms. The maximum absolute atomic E-state index is 5.81. The Bertz CT molecular complexity index is 345. The zero-order chi connectivity index (χ0) is 12.8. The SMILES string of the molecule is CCN(Cc1cnn(CC)c1)C[C@@H]1CCCCO1. The molecule has 0 aromatic carbocycles. The molecule has 102 valence electrons. The molecule has 0 radical (unpaired) electrons. The molecule has 1 fully saturated rings. The van der Waals surface area contributed by atoms with Gasteiger partial charge in [-0.05, 0) is 32.7 Å². The smallest absolute Gasteiger partial charge is 0.0702 e. The lowest BCUT2D eigenvalue weighted by molar-refractivity contribution is -0.00624. The fraction of sp³-hybridized carbons (Fsp3) is 0.786. The average molecular weight is 251 g/mol. The standard InChI is InChI=1S/C14H25N3O/c1-3-16(12-14-7-5-6-8-18-14)10-13-9-15-17(4-2)11-13/h9,11,14H,3-8,10,12H2,1-2H3/t14-/m0/s1. The van der Waals surface area contributed by atoms with Crippen LogP contribution in [-0.4, -0.2) is 40.5 Å². The van der Waals surface area contributed by atoms with E-state index in [0.717, 1.165) is 32.8 Å². The molecule has 0 unspecified atom stereocenters. The number of hydrogen-bond donors (Lipinski definition) is 0. The van der Waals surface area contributed by atoms with E-state index in [9.17, 15) is 0 Å². The Morgan fingerprint density at radius 2 is 2.33 bits per heavy atom. The molecule has 1 saturated heterocycles. The number of rotatable bonds is 6. The third-order valence-corrected chi connectivity index (χ3v) is 3.60. The minimum absolute atomic E-state index is 0.430. The van der Waals surface area contributed by atoms with E-state index in [-0.39, 0.29) is 0 Å². The molecule has 0 amide bonds. The highest BCUT2D eigenvalue weighted by Gasteiger charge is 2.17. The van der Waals surface area contributed by atoms with Crippen molar-refractivity contribution in [3.8, 4) is 0 Å². The van der Waals surface area contributed by atoms with E-state index in [1.54, 1.807) is 0 Å². The second-order valence-corrected chi connectivity index (χ2v) is 5.02. The van der Waals surface area contributed by atoms with E-state index >= 15 is 0 Å². The maximum atomic E-state index is 5.81. The van der Waals surface area contributed by atoms with Crippen LogP contribution >= 0.6 is 0 Å². The van der Waals surface area contributed by atoms with Gasteiger partial charge in [-0.3, -0.25) is 9.58 Å². The summed E-state index contributed by atoms with van der Waals surface area (Å²) in [5, 5.41) is 4.33. The molecule has 4 nitrogen and oxygen atoms in total. The van der Waals surface area contributed by atoms with Crippen molar-refractivity contribution in [2.24, 2.45) is 0 Å². The predicted molar refractivity (Wildman–Crippen MR) is 72.4 cm³/mol. The Kier molecular flexibility index (Phi) is 5.20. The first-order valence-electron chi connectivity index (χ1n) is 7.17. The number of aryl methyl sites for hydroxylation is 1. The van der Waals surface area contributed by atoms with Gasteiger partial charge in [-0.2, -0.15) is 5.10 Å². The molecule has 0 aliphatic carbocycles. The van der Waals surface area contributed by atoms with Crippen molar-refractivity contribution < 1.29 is 4.74 Å². The van der Waals surface area contributed by atoms with Gasteiger partial charge in [0.25, 0.3) is 0 Å². The van der Waals surface area contributed by atoms with Gasteiger partial charge in [-0.25, -0.2) is 0 Å². The first-order chi connectivity index (χ1) is 8.81. The van der Waals surface area contributed by atoms with E-state index in [1.165, 1.54) is 24.8 Å². The number of likely N-dealkylation sites (N-methyl/N-ethyl adjacent to an activating group) is 1. The molecule has 1 aromatic rings. The van der Waals surface area contributed by atoms with Gasteiger partial charge >= 0.3 is 0 Å². The molecule has 2 rings (SSSR count). The van der Waals surface area contributed by atoms with Gasteiger partial charge < -0.3 is 4.74 Å². The van der Waals surface area contributed by atoms with Gasteiger partial charge in [0, 0.05) is 38.0 Å². The lowest BCUT2D eigenvalue weighted by Gasteiger charge is -2.28. The van der Waals surface area contributed by atoms with Crippen LogP contribution in [-0.2, 0) is 17.8 Å². The van der Waals surface area contributed by atoms with Crippen LogP contribution < -0.4 is 0 Å². The van der Waals surface area contributed by atoms with Crippen LogP contribution in [0.2, 0.25) is 0 Å². The fourth-order valence-corrected chi connectivity index (χ4v) is 2.46. The van der Waals surface area contributed by atoms with Gasteiger partial charge in [0.2, 0.25) is 0 Å². The van der Waals surface area contributed by atoms with Crippen molar-refractivity contribution in [2.45, 2.75) is 52.3 Å². The highest BCUT2D eigenvalue weighted by molar-refractivity contribution is 5.03. The predicted octanol–water partition coefficient (Wildman–Crippen LogP) is 2.29. The van der Waals surface area contributed by atoms with Crippen molar-refractivity contribution in [3.63, 3.8) is 0 Å². The summed E-state index contributed by atoms with van der Waals surface area (Å²) in [7, 11) is 0. The minimum Gasteiger partial charge on any atom is -0.377 e. The zero-order valence-electron chi connectivity index (χ0n) is 11.6. The largest absolute Gasteiger partial charge is 0.377 e. The van der Waals surface area contributed by atoms with Gasteiger partial charge in [-0.15, -0.1) is 0 Å². The number of aromatic nitrogens is 2. The van der Waals surface area contributed by atoms with E-state index in [2.05, 4.69) is 30.0 Å². The molecule has 2 heterocycles. The maximum Gasteiger partial charge on any atom is 0.0702 e. The zero-order valence-corrected chi connectivity index (χ0v) is 11.6. The summed E-state index contributed by atoms with van der Waals surface area (Å²) in [5.41, 5.74) is 1.30. The Labute approximate surface area is 110 Å². The molecule has 1 atom stereocenters. The first-order valence-corrected chi connectivity index (χ1v) is 7.17. The lowest BCUT2D eigenvalue weighted by Crippen LogP contribution is -2.35. The summed E-state index contributed by atoms with van der Waals surface area (Å²) in [6, 6.07) is 0. The normalized spacial score (nSPS) is 20.5. The minimum atomic E-state index is 0.430. The fourth-order valence-electron chi connectivity index (χ4n) is 2.46. The number of ether oxygens (including phenoxy) is 1. The van der Waals surface area contributed by atoms with E-state index in [0.29, 0.717) is 6.10 Å². The Morgan fingerprint density at radius 3 is 2.94 bits per heavy atom. The monoisotopic (exact) mass is 251 g/mol. The second-order valence-electron chi connectivity index (χ2n) is 5.02. The van der Waals surface area contributed by atoms with Crippen molar-refractivity contribution in [3.05, 3.63) is 18.0 Å². The van der Waals surface area contributed by atoms with Gasteiger partial charge in [-0.1, -0.05) is 6.92 Å². The average Bonchev–Trinajstić information content (AvgIpc) is 2.87. The first kappa shape index (κ1) is 13.6. The lowest BCUT2D eigenvalue weighted by atomic mass is 10.1. The van der Waals surface area contributed by atoms with E-state index < -0.39 is 0 Å². The quantitative estimate of drug-likeness (QED) is 0.777. The number of nitrogens with zero attached hydrogens (tertiary/aromatic N) is 3. The molecule has 1 aliphatic rings. The Hall–Kier alpha value is -0.870. The summed E-state index contributed by atoms with van der Waals surface area (Å²) in [6.07, 6.45) is 8.31. The van der Waals surface area contributed by atoms with Gasteiger partial charge in [0.05, 0.1) is 12.3 Å². The summed E-state index contributed by atoms with van der Waals surface area (Å²) in [5.74, 6) is 0. The third kappa shape index (κ3) is 3.82. The summed E-state index contributed by atoms with van der Waals surface area (Å²) in [6.45, 7) is 9.31. The van der Waals surface area contributed by atoms with Crippen LogP contribution in [0.3, 0.4) is 0 Å². The van der Waals surface area contributed by atoms with Crippen molar-refractivity contribution in [2.75, 3.05) is 19.7 Å². The molecule has 0 N–H and O–H groups in total. The van der Waals surface area contributed by atoms with Gasteiger partial charge in [0.1, 0.15) is 0 Å². The van der Waals surface area contributed by atoms with Gasteiger partial charge in [0.15, 0.2) is 0 Å². The van der Waals surface area contributed by atoms with E-state index in [1.807, 2.05) is 10.9 Å². The molecular weight excluding hydrogens is 226 g/mol.